The first-order valence-electron chi connectivity index (χ1n) is 12.2. The first-order valence-corrected chi connectivity index (χ1v) is 14.1. The lowest BCUT2D eigenvalue weighted by Gasteiger charge is -2.25. The number of alkyl halides is 2. The molecule has 0 spiro atoms. The number of hydrogen-bond donors (Lipinski definition) is 4. The van der Waals surface area contributed by atoms with E-state index in [1.165, 1.54) is 25.4 Å². The summed E-state index contributed by atoms with van der Waals surface area (Å²) in [5.74, 6) is -0.376. The number of nitrogen functional groups attached to an aromatic ring is 1. The number of aliphatic hydroxyl groups excluding tert-OH is 1. The molecule has 5 N–H and O–H groups in total. The summed E-state index contributed by atoms with van der Waals surface area (Å²) in [5.41, 5.74) is 6.12. The second-order valence-corrected chi connectivity index (χ2v) is 11.5. The number of esters is 1. The summed E-state index contributed by atoms with van der Waals surface area (Å²) in [5, 5.41) is 13.2. The van der Waals surface area contributed by atoms with E-state index in [2.05, 4.69) is 25.4 Å². The summed E-state index contributed by atoms with van der Waals surface area (Å²) < 4.78 is 52.6. The zero-order chi connectivity index (χ0) is 29.2. The average Bonchev–Trinajstić information content (AvgIpc) is 3.40. The predicted molar refractivity (Wildman–Crippen MR) is 143 cm³/mol. The van der Waals surface area contributed by atoms with E-state index in [1.54, 1.807) is 39.1 Å². The second-order valence-electron chi connectivity index (χ2n) is 9.18. The van der Waals surface area contributed by atoms with E-state index in [9.17, 15) is 14.5 Å². The predicted octanol–water partition coefficient (Wildman–Crippen LogP) is 2.75. The molecule has 3 heterocycles. The molecule has 6 atom stereocenters. The molecule has 17 heteroatoms. The molecule has 1 aromatic carbocycles. The van der Waals surface area contributed by atoms with Crippen LogP contribution in [0, 0.1) is 0 Å². The third-order valence-electron chi connectivity index (χ3n) is 5.74. The SMILES string of the molecule is CNc1nc(N)nc2c1ncn2[C@@H]1O[C@H](COP(=O)(NC(C)C(=O)OC(C)C)Oc2ccccc2)[C@@H](O)[C@]1(F)Cl. The van der Waals surface area contributed by atoms with Crippen molar-refractivity contribution in [3.63, 3.8) is 0 Å². The molecule has 2 unspecified atom stereocenters. The number of imidazole rings is 1. The molecule has 0 aliphatic carbocycles. The van der Waals surface area contributed by atoms with Gasteiger partial charge in [-0.25, -0.2) is 13.9 Å². The van der Waals surface area contributed by atoms with Crippen LogP contribution in [0.3, 0.4) is 0 Å². The van der Waals surface area contributed by atoms with Gasteiger partial charge < -0.3 is 30.2 Å². The number of hydrogen-bond acceptors (Lipinski definition) is 12. The Morgan fingerprint density at radius 3 is 2.67 bits per heavy atom. The van der Waals surface area contributed by atoms with Gasteiger partial charge in [-0.05, 0) is 32.9 Å². The summed E-state index contributed by atoms with van der Waals surface area (Å²) in [6, 6.07) is 6.93. The van der Waals surface area contributed by atoms with Gasteiger partial charge in [0, 0.05) is 7.05 Å². The van der Waals surface area contributed by atoms with E-state index in [4.69, 9.17) is 35.9 Å². The zero-order valence-electron chi connectivity index (χ0n) is 22.0. The molecule has 0 bridgehead atoms. The first-order chi connectivity index (χ1) is 18.8. The maximum absolute atomic E-state index is 15.7. The van der Waals surface area contributed by atoms with Crippen molar-refractivity contribution in [2.24, 2.45) is 0 Å². The molecule has 1 aliphatic heterocycles. The Labute approximate surface area is 233 Å². The maximum atomic E-state index is 15.7. The molecular weight excluding hydrogens is 572 g/mol. The molecule has 2 aromatic heterocycles. The number of nitrogens with two attached hydrogens (primary N) is 1. The topological polar surface area (TPSA) is 185 Å². The lowest BCUT2D eigenvalue weighted by atomic mass is 10.1. The molecule has 0 saturated carbocycles. The summed E-state index contributed by atoms with van der Waals surface area (Å²) in [6.07, 6.45) is -4.22. The molecule has 1 aliphatic rings. The number of aliphatic hydroxyl groups is 1. The number of ether oxygens (including phenoxy) is 2. The Balaban J connectivity index is 1.56. The number of carbonyl (C=O) groups is 1. The van der Waals surface area contributed by atoms with E-state index in [0.29, 0.717) is 0 Å². The normalized spacial score (nSPS) is 25.1. The monoisotopic (exact) mass is 601 g/mol. The molecule has 1 fully saturated rings. The fraction of sp³-hybridized carbons (Fsp3) is 0.478. The lowest BCUT2D eigenvalue weighted by Crippen LogP contribution is -2.40. The van der Waals surface area contributed by atoms with Crippen molar-refractivity contribution in [3.8, 4) is 5.75 Å². The maximum Gasteiger partial charge on any atom is 0.459 e. The minimum Gasteiger partial charge on any atom is -0.462 e. The molecule has 14 nitrogen and oxygen atoms in total. The third kappa shape index (κ3) is 6.29. The van der Waals surface area contributed by atoms with Crippen molar-refractivity contribution in [2.75, 3.05) is 24.7 Å². The number of nitrogens with one attached hydrogen (secondary N) is 2. The van der Waals surface area contributed by atoms with Crippen LogP contribution in [-0.4, -0.2) is 73.7 Å². The number of halogens is 2. The highest BCUT2D eigenvalue weighted by Crippen LogP contribution is 2.49. The number of fused-ring (bicyclic) bond motifs is 1. The Kier molecular flexibility index (Phi) is 8.83. The van der Waals surface area contributed by atoms with Crippen molar-refractivity contribution >= 4 is 48.2 Å². The number of rotatable bonds is 11. The van der Waals surface area contributed by atoms with Gasteiger partial charge in [-0.1, -0.05) is 29.8 Å². The van der Waals surface area contributed by atoms with Gasteiger partial charge in [0.1, 0.15) is 24.0 Å². The van der Waals surface area contributed by atoms with Crippen molar-refractivity contribution in [3.05, 3.63) is 36.7 Å². The molecular formula is C23H30ClFN7O7P. The minimum absolute atomic E-state index is 0.0931. The van der Waals surface area contributed by atoms with E-state index >= 15 is 4.39 Å². The van der Waals surface area contributed by atoms with Crippen LogP contribution in [0.15, 0.2) is 36.7 Å². The zero-order valence-corrected chi connectivity index (χ0v) is 23.7. The average molecular weight is 602 g/mol. The van der Waals surface area contributed by atoms with Crippen LogP contribution in [-0.2, 0) is 23.4 Å². The number of benzene rings is 1. The van der Waals surface area contributed by atoms with Gasteiger partial charge in [0.2, 0.25) is 5.95 Å². The van der Waals surface area contributed by atoms with E-state index in [0.717, 1.165) is 4.57 Å². The van der Waals surface area contributed by atoms with E-state index < -0.39 is 56.0 Å². The smallest absolute Gasteiger partial charge is 0.459 e. The summed E-state index contributed by atoms with van der Waals surface area (Å²) in [4.78, 5) is 24.7. The Morgan fingerprint density at radius 1 is 1.32 bits per heavy atom. The van der Waals surface area contributed by atoms with Crippen LogP contribution in [0.4, 0.5) is 16.2 Å². The van der Waals surface area contributed by atoms with Gasteiger partial charge >= 0.3 is 13.7 Å². The van der Waals surface area contributed by atoms with Crippen LogP contribution in [0.5, 0.6) is 5.75 Å². The highest BCUT2D eigenvalue weighted by molar-refractivity contribution is 7.52. The number of nitrogens with zero attached hydrogens (tertiary/aromatic N) is 4. The Morgan fingerprint density at radius 2 is 2.02 bits per heavy atom. The van der Waals surface area contributed by atoms with Gasteiger partial charge in [0.15, 0.2) is 23.2 Å². The van der Waals surface area contributed by atoms with Gasteiger partial charge in [-0.15, -0.1) is 0 Å². The van der Waals surface area contributed by atoms with Crippen molar-refractivity contribution < 1.29 is 37.4 Å². The molecule has 0 amide bonds. The third-order valence-corrected chi connectivity index (χ3v) is 7.80. The van der Waals surface area contributed by atoms with Crippen LogP contribution in [0.25, 0.3) is 11.2 Å². The summed E-state index contributed by atoms with van der Waals surface area (Å²) in [6.45, 7) is 4.09. The van der Waals surface area contributed by atoms with Crippen LogP contribution >= 0.6 is 19.3 Å². The van der Waals surface area contributed by atoms with E-state index in [1.807, 2.05) is 0 Å². The lowest BCUT2D eigenvalue weighted by molar-refractivity contribution is -0.149. The second kappa shape index (κ2) is 11.8. The Bertz CT molecular complexity index is 1400. The number of aromatic nitrogens is 4. The van der Waals surface area contributed by atoms with Crippen LogP contribution in [0.1, 0.15) is 27.0 Å². The fourth-order valence-electron chi connectivity index (χ4n) is 3.89. The van der Waals surface area contributed by atoms with Gasteiger partial charge in [-0.3, -0.25) is 13.9 Å². The van der Waals surface area contributed by atoms with Crippen molar-refractivity contribution in [2.45, 2.75) is 56.5 Å². The molecule has 0 radical (unpaired) electrons. The van der Waals surface area contributed by atoms with Crippen molar-refractivity contribution in [1.29, 1.82) is 0 Å². The van der Waals surface area contributed by atoms with E-state index in [-0.39, 0.29) is 28.7 Å². The van der Waals surface area contributed by atoms with Crippen molar-refractivity contribution in [1.82, 2.24) is 24.6 Å². The fourth-order valence-corrected chi connectivity index (χ4v) is 5.69. The van der Waals surface area contributed by atoms with Crippen LogP contribution in [0.2, 0.25) is 0 Å². The highest BCUT2D eigenvalue weighted by Gasteiger charge is 2.58. The molecule has 4 rings (SSSR count). The minimum atomic E-state index is -4.32. The number of carbonyl (C=O) groups excluding carboxylic acids is 1. The quantitative estimate of drug-likeness (QED) is 0.143. The Hall–Kier alpha value is -3.07. The van der Waals surface area contributed by atoms with Crippen LogP contribution < -0.4 is 20.7 Å². The standard InChI is InChI=1S/C23H30ClFN7O7P/c1-12(2)37-20(34)13(3)31-40(35,39-14-8-6-5-7-9-14)36-10-15-17(33)23(24,25)21(38-15)32-11-28-16-18(27-4)29-22(26)30-19(16)32/h5-9,11-13,15,17,21,33H,10H2,1-4H3,(H,31,35)(H3,26,27,29,30)/t13?,15-,17-,21-,23-,40?/m1/s1. The largest absolute Gasteiger partial charge is 0.462 e. The van der Waals surface area contributed by atoms with Gasteiger partial charge in [0.25, 0.3) is 5.13 Å². The summed E-state index contributed by atoms with van der Waals surface area (Å²) >= 11 is 6.12. The van der Waals surface area contributed by atoms with Gasteiger partial charge in [-0.2, -0.15) is 15.1 Å². The molecule has 218 valence electrons. The first kappa shape index (κ1) is 29.9. The number of anilines is 2. The molecule has 40 heavy (non-hydrogen) atoms. The number of para-hydroxylation sites is 1. The molecule has 1 saturated heterocycles. The highest BCUT2D eigenvalue weighted by atomic mass is 35.5. The molecule has 3 aromatic rings. The summed E-state index contributed by atoms with van der Waals surface area (Å²) in [7, 11) is -2.73. The van der Waals surface area contributed by atoms with Gasteiger partial charge in [0.05, 0.1) is 19.0 Å².